The second kappa shape index (κ2) is 8.06. The van der Waals surface area contributed by atoms with Gasteiger partial charge in [0.05, 0.1) is 11.6 Å². The van der Waals surface area contributed by atoms with Crippen LogP contribution in [0.2, 0.25) is 5.02 Å². The Morgan fingerprint density at radius 1 is 1.15 bits per heavy atom. The average molecular weight is 372 g/mol. The van der Waals surface area contributed by atoms with E-state index < -0.39 is 5.97 Å². The number of benzene rings is 2. The zero-order valence-electron chi connectivity index (χ0n) is 14.5. The van der Waals surface area contributed by atoms with E-state index in [4.69, 9.17) is 25.6 Å². The Kier molecular flexibility index (Phi) is 5.58. The Labute approximate surface area is 156 Å². The number of hydrogen-bond donors (Lipinski definition) is 0. The molecule has 0 bridgehead atoms. The lowest BCUT2D eigenvalue weighted by Gasteiger charge is -2.11. The van der Waals surface area contributed by atoms with Gasteiger partial charge < -0.3 is 14.0 Å². The van der Waals surface area contributed by atoms with E-state index in [-0.39, 0.29) is 12.2 Å². The number of halogens is 1. The summed E-state index contributed by atoms with van der Waals surface area (Å²) in [5, 5.41) is 4.36. The standard InChI is InChI=1S/C20H18ClNO4/c1-3-24-20(23)17-13(2)26-22-19(17)15-10-7-11-16(18(15)21)25-12-14-8-5-4-6-9-14/h4-11H,3,12H2,1-2H3. The molecule has 5 nitrogen and oxygen atoms in total. The van der Waals surface area contributed by atoms with Gasteiger partial charge in [-0.3, -0.25) is 0 Å². The molecule has 0 aliphatic rings. The summed E-state index contributed by atoms with van der Waals surface area (Å²) in [7, 11) is 0. The summed E-state index contributed by atoms with van der Waals surface area (Å²) < 4.78 is 16.1. The lowest BCUT2D eigenvalue weighted by Crippen LogP contribution is -2.07. The molecule has 1 aromatic heterocycles. The van der Waals surface area contributed by atoms with Gasteiger partial charge in [0.1, 0.15) is 29.4 Å². The maximum absolute atomic E-state index is 12.2. The molecule has 6 heteroatoms. The van der Waals surface area contributed by atoms with Gasteiger partial charge in [0, 0.05) is 5.56 Å². The molecule has 0 N–H and O–H groups in total. The molecule has 2 aromatic carbocycles. The van der Waals surface area contributed by atoms with Gasteiger partial charge >= 0.3 is 5.97 Å². The van der Waals surface area contributed by atoms with Crippen LogP contribution in [0.5, 0.6) is 5.75 Å². The largest absolute Gasteiger partial charge is 0.487 e. The lowest BCUT2D eigenvalue weighted by molar-refractivity contribution is 0.0525. The SMILES string of the molecule is CCOC(=O)c1c(-c2cccc(OCc3ccccc3)c2Cl)noc1C. The second-order valence-corrected chi connectivity index (χ2v) is 5.95. The fraction of sp³-hybridized carbons (Fsp3) is 0.200. The minimum atomic E-state index is -0.493. The van der Waals surface area contributed by atoms with Crippen LogP contribution in [-0.2, 0) is 11.3 Å². The van der Waals surface area contributed by atoms with Crippen molar-refractivity contribution in [2.24, 2.45) is 0 Å². The molecule has 0 spiro atoms. The van der Waals surface area contributed by atoms with E-state index >= 15 is 0 Å². The first-order chi connectivity index (χ1) is 12.6. The molecule has 0 aliphatic heterocycles. The van der Waals surface area contributed by atoms with Crippen molar-refractivity contribution in [3.63, 3.8) is 0 Å². The van der Waals surface area contributed by atoms with Gasteiger partial charge in [-0.2, -0.15) is 0 Å². The average Bonchev–Trinajstić information content (AvgIpc) is 3.03. The highest BCUT2D eigenvalue weighted by Crippen LogP contribution is 2.37. The normalized spacial score (nSPS) is 10.6. The van der Waals surface area contributed by atoms with Crippen molar-refractivity contribution in [2.75, 3.05) is 6.61 Å². The van der Waals surface area contributed by atoms with E-state index in [0.29, 0.717) is 34.4 Å². The predicted octanol–water partition coefficient (Wildman–Crippen LogP) is 5.06. The van der Waals surface area contributed by atoms with Gasteiger partial charge in [0.25, 0.3) is 0 Å². The molecule has 0 saturated heterocycles. The molecule has 0 atom stereocenters. The van der Waals surface area contributed by atoms with Crippen molar-refractivity contribution < 1.29 is 18.8 Å². The van der Waals surface area contributed by atoms with Crippen LogP contribution in [0, 0.1) is 6.92 Å². The van der Waals surface area contributed by atoms with Crippen LogP contribution < -0.4 is 4.74 Å². The molecule has 0 aliphatic carbocycles. The van der Waals surface area contributed by atoms with Crippen LogP contribution >= 0.6 is 11.6 Å². The van der Waals surface area contributed by atoms with Crippen LogP contribution in [0.25, 0.3) is 11.3 Å². The monoisotopic (exact) mass is 371 g/mol. The van der Waals surface area contributed by atoms with Crippen LogP contribution in [0.1, 0.15) is 28.6 Å². The predicted molar refractivity (Wildman–Crippen MR) is 98.4 cm³/mol. The first kappa shape index (κ1) is 18.0. The molecule has 134 valence electrons. The fourth-order valence-electron chi connectivity index (χ4n) is 2.54. The number of aryl methyl sites for hydroxylation is 1. The van der Waals surface area contributed by atoms with Crippen molar-refractivity contribution in [1.29, 1.82) is 0 Å². The summed E-state index contributed by atoms with van der Waals surface area (Å²) in [5.74, 6) is 0.390. The van der Waals surface area contributed by atoms with E-state index in [1.54, 1.807) is 32.0 Å². The molecule has 0 fully saturated rings. The molecule has 0 unspecified atom stereocenters. The third-order valence-corrected chi connectivity index (χ3v) is 4.19. The molecule has 26 heavy (non-hydrogen) atoms. The Hall–Kier alpha value is -2.79. The smallest absolute Gasteiger partial charge is 0.344 e. The zero-order valence-corrected chi connectivity index (χ0v) is 15.2. The molecular formula is C20H18ClNO4. The van der Waals surface area contributed by atoms with E-state index in [9.17, 15) is 4.79 Å². The van der Waals surface area contributed by atoms with Crippen molar-refractivity contribution in [3.05, 3.63) is 70.4 Å². The van der Waals surface area contributed by atoms with Gasteiger partial charge in [0.2, 0.25) is 0 Å². The Balaban J connectivity index is 1.92. The number of aromatic nitrogens is 1. The third-order valence-electron chi connectivity index (χ3n) is 3.80. The van der Waals surface area contributed by atoms with Crippen molar-refractivity contribution in [1.82, 2.24) is 5.16 Å². The summed E-state index contributed by atoms with van der Waals surface area (Å²) in [6.07, 6.45) is 0. The first-order valence-electron chi connectivity index (χ1n) is 8.20. The van der Waals surface area contributed by atoms with E-state index in [1.165, 1.54) is 0 Å². The minimum Gasteiger partial charge on any atom is -0.487 e. The quantitative estimate of drug-likeness (QED) is 0.567. The van der Waals surface area contributed by atoms with Crippen LogP contribution in [0.3, 0.4) is 0 Å². The fourth-order valence-corrected chi connectivity index (χ4v) is 2.81. The van der Waals surface area contributed by atoms with Crippen molar-refractivity contribution >= 4 is 17.6 Å². The number of hydrogen-bond acceptors (Lipinski definition) is 5. The second-order valence-electron chi connectivity index (χ2n) is 5.57. The van der Waals surface area contributed by atoms with Crippen LogP contribution in [0.4, 0.5) is 0 Å². The Morgan fingerprint density at radius 2 is 1.92 bits per heavy atom. The Morgan fingerprint density at radius 3 is 2.65 bits per heavy atom. The molecule has 1 heterocycles. The lowest BCUT2D eigenvalue weighted by atomic mass is 10.1. The van der Waals surface area contributed by atoms with Gasteiger partial charge in [-0.25, -0.2) is 4.79 Å². The maximum atomic E-state index is 12.2. The highest BCUT2D eigenvalue weighted by molar-refractivity contribution is 6.35. The number of ether oxygens (including phenoxy) is 2. The maximum Gasteiger partial charge on any atom is 0.344 e. The highest BCUT2D eigenvalue weighted by atomic mass is 35.5. The van der Waals surface area contributed by atoms with E-state index in [1.807, 2.05) is 30.3 Å². The van der Waals surface area contributed by atoms with Gasteiger partial charge in [-0.1, -0.05) is 59.2 Å². The molecule has 3 aromatic rings. The van der Waals surface area contributed by atoms with Crippen LogP contribution in [-0.4, -0.2) is 17.7 Å². The number of carbonyl (C=O) groups excluding carboxylic acids is 1. The van der Waals surface area contributed by atoms with Crippen molar-refractivity contribution in [3.8, 4) is 17.0 Å². The summed E-state index contributed by atoms with van der Waals surface area (Å²) in [5.41, 5.74) is 2.20. The summed E-state index contributed by atoms with van der Waals surface area (Å²) >= 11 is 6.51. The number of rotatable bonds is 6. The minimum absolute atomic E-state index is 0.261. The molecule has 3 rings (SSSR count). The summed E-state index contributed by atoms with van der Waals surface area (Å²) in [6, 6.07) is 15.1. The number of esters is 1. The molecular weight excluding hydrogens is 354 g/mol. The topological polar surface area (TPSA) is 61.6 Å². The van der Waals surface area contributed by atoms with Gasteiger partial charge in [-0.15, -0.1) is 0 Å². The van der Waals surface area contributed by atoms with Gasteiger partial charge in [-0.05, 0) is 25.5 Å². The molecule has 0 radical (unpaired) electrons. The first-order valence-corrected chi connectivity index (χ1v) is 8.58. The van der Waals surface area contributed by atoms with E-state index in [0.717, 1.165) is 5.56 Å². The summed E-state index contributed by atoms with van der Waals surface area (Å²) in [4.78, 5) is 12.2. The molecule has 0 saturated carbocycles. The van der Waals surface area contributed by atoms with Crippen LogP contribution in [0.15, 0.2) is 53.1 Å². The number of carbonyl (C=O) groups is 1. The number of nitrogens with zero attached hydrogens (tertiary/aromatic N) is 1. The van der Waals surface area contributed by atoms with E-state index in [2.05, 4.69) is 5.16 Å². The van der Waals surface area contributed by atoms with Gasteiger partial charge in [0.15, 0.2) is 0 Å². The Bertz CT molecular complexity index is 905. The summed E-state index contributed by atoms with van der Waals surface area (Å²) in [6.45, 7) is 4.04. The zero-order chi connectivity index (χ0) is 18.5. The highest BCUT2D eigenvalue weighted by Gasteiger charge is 2.25. The third kappa shape index (κ3) is 3.73. The molecule has 0 amide bonds. The van der Waals surface area contributed by atoms with Crippen molar-refractivity contribution in [2.45, 2.75) is 20.5 Å².